The largest absolute Gasteiger partial charge is 0.469 e. The lowest BCUT2D eigenvalue weighted by Gasteiger charge is -2.29. The summed E-state index contributed by atoms with van der Waals surface area (Å²) in [4.78, 5) is 26.0. The zero-order valence-electron chi connectivity index (χ0n) is 13.8. The number of aryl methyl sites for hydroxylation is 2. The summed E-state index contributed by atoms with van der Waals surface area (Å²) in [6.45, 7) is 10.0. The number of hydrogen-bond donors (Lipinski definition) is 0. The molecule has 1 aromatic rings. The highest BCUT2D eigenvalue weighted by Crippen LogP contribution is 2.15. The fourth-order valence-corrected chi connectivity index (χ4v) is 2.14. The molecule has 1 unspecified atom stereocenters. The number of rotatable bonds is 5. The molecule has 116 valence electrons. The fourth-order valence-electron chi connectivity index (χ4n) is 2.14. The molecule has 0 saturated heterocycles. The maximum atomic E-state index is 12.7. The smallest absolute Gasteiger partial charge is 0.310 e. The Balaban J connectivity index is 2.97. The molecule has 0 bridgehead atoms. The van der Waals surface area contributed by atoms with Crippen molar-refractivity contribution in [2.45, 2.75) is 40.7 Å². The summed E-state index contributed by atoms with van der Waals surface area (Å²) in [7, 11) is 1.36. The van der Waals surface area contributed by atoms with Gasteiger partial charge >= 0.3 is 5.97 Å². The van der Waals surface area contributed by atoms with Crippen LogP contribution >= 0.6 is 0 Å². The van der Waals surface area contributed by atoms with Gasteiger partial charge in [0.15, 0.2) is 0 Å². The SMILES string of the molecule is COC(=O)C(C)CN(C(=O)c1ccc(C)c(C)c1)C(C)C. The number of esters is 1. The Hall–Kier alpha value is -1.84. The lowest BCUT2D eigenvalue weighted by Crippen LogP contribution is -2.41. The Morgan fingerprint density at radius 3 is 2.24 bits per heavy atom. The first-order valence-electron chi connectivity index (χ1n) is 7.24. The maximum absolute atomic E-state index is 12.7. The predicted octanol–water partition coefficient (Wildman–Crippen LogP) is 2.96. The molecule has 1 rings (SSSR count). The number of methoxy groups -OCH3 is 1. The van der Waals surface area contributed by atoms with Crippen LogP contribution in [0.25, 0.3) is 0 Å². The number of carbonyl (C=O) groups excluding carboxylic acids is 2. The van der Waals surface area contributed by atoms with E-state index >= 15 is 0 Å². The van der Waals surface area contributed by atoms with E-state index in [9.17, 15) is 9.59 Å². The molecule has 0 aliphatic carbocycles. The fraction of sp³-hybridized carbons (Fsp3) is 0.529. The number of nitrogens with zero attached hydrogens (tertiary/aromatic N) is 1. The maximum Gasteiger partial charge on any atom is 0.310 e. The number of amides is 1. The van der Waals surface area contributed by atoms with Crippen molar-refractivity contribution in [1.29, 1.82) is 0 Å². The Kier molecular flexibility index (Phi) is 5.94. The molecular weight excluding hydrogens is 266 g/mol. The van der Waals surface area contributed by atoms with E-state index in [1.54, 1.807) is 11.8 Å². The molecule has 4 heteroatoms. The summed E-state index contributed by atoms with van der Waals surface area (Å²) in [6.07, 6.45) is 0. The average Bonchev–Trinajstić information content (AvgIpc) is 2.45. The number of hydrogen-bond acceptors (Lipinski definition) is 3. The molecule has 1 aromatic carbocycles. The molecule has 0 spiro atoms. The van der Waals surface area contributed by atoms with E-state index in [4.69, 9.17) is 4.74 Å². The van der Waals surface area contributed by atoms with Crippen molar-refractivity contribution in [3.63, 3.8) is 0 Å². The number of ether oxygens (including phenoxy) is 1. The summed E-state index contributed by atoms with van der Waals surface area (Å²) >= 11 is 0. The van der Waals surface area contributed by atoms with Crippen LogP contribution in [0.1, 0.15) is 42.3 Å². The van der Waals surface area contributed by atoms with Crippen molar-refractivity contribution < 1.29 is 14.3 Å². The molecule has 4 nitrogen and oxygen atoms in total. The lowest BCUT2D eigenvalue weighted by molar-refractivity contribution is -0.145. The van der Waals surface area contributed by atoms with Crippen LogP contribution in [0.2, 0.25) is 0 Å². The van der Waals surface area contributed by atoms with E-state index in [2.05, 4.69) is 0 Å². The van der Waals surface area contributed by atoms with E-state index in [1.807, 2.05) is 45.9 Å². The van der Waals surface area contributed by atoms with Gasteiger partial charge in [0, 0.05) is 18.2 Å². The third kappa shape index (κ3) is 4.31. The van der Waals surface area contributed by atoms with Crippen LogP contribution in [0.5, 0.6) is 0 Å². The van der Waals surface area contributed by atoms with Crippen molar-refractivity contribution in [3.8, 4) is 0 Å². The normalized spacial score (nSPS) is 12.1. The molecule has 1 atom stereocenters. The van der Waals surface area contributed by atoms with Gasteiger partial charge in [0.05, 0.1) is 13.0 Å². The Bertz CT molecular complexity index is 523. The average molecular weight is 291 g/mol. The molecular formula is C17H25NO3. The first-order valence-corrected chi connectivity index (χ1v) is 7.24. The van der Waals surface area contributed by atoms with Crippen molar-refractivity contribution in [3.05, 3.63) is 34.9 Å². The summed E-state index contributed by atoms with van der Waals surface area (Å²) in [5.41, 5.74) is 2.90. The van der Waals surface area contributed by atoms with E-state index < -0.39 is 0 Å². The minimum absolute atomic E-state index is 0.0196. The van der Waals surface area contributed by atoms with Crippen LogP contribution < -0.4 is 0 Å². The molecule has 0 fully saturated rings. The van der Waals surface area contributed by atoms with Gasteiger partial charge in [0.1, 0.15) is 0 Å². The van der Waals surface area contributed by atoms with Crippen LogP contribution in [-0.2, 0) is 9.53 Å². The lowest BCUT2D eigenvalue weighted by atomic mass is 10.0. The summed E-state index contributed by atoms with van der Waals surface area (Å²) in [5, 5.41) is 0. The molecule has 21 heavy (non-hydrogen) atoms. The Morgan fingerprint density at radius 2 is 1.76 bits per heavy atom. The van der Waals surface area contributed by atoms with Gasteiger partial charge in [-0.1, -0.05) is 13.0 Å². The standard InChI is InChI=1S/C17H25NO3/c1-11(2)18(10-14(5)17(20)21-6)16(19)15-8-7-12(3)13(4)9-15/h7-9,11,14H,10H2,1-6H3. The summed E-state index contributed by atoms with van der Waals surface area (Å²) < 4.78 is 4.74. The van der Waals surface area contributed by atoms with E-state index in [0.29, 0.717) is 12.1 Å². The second-order valence-electron chi connectivity index (χ2n) is 5.77. The highest BCUT2D eigenvalue weighted by atomic mass is 16.5. The van der Waals surface area contributed by atoms with Gasteiger partial charge in [0.2, 0.25) is 0 Å². The summed E-state index contributed by atoms with van der Waals surface area (Å²) in [6, 6.07) is 5.70. The van der Waals surface area contributed by atoms with Gasteiger partial charge < -0.3 is 9.64 Å². The molecule has 0 heterocycles. The highest BCUT2D eigenvalue weighted by molar-refractivity contribution is 5.95. The van der Waals surface area contributed by atoms with Crippen LogP contribution in [0.15, 0.2) is 18.2 Å². The third-order valence-electron chi connectivity index (χ3n) is 3.71. The zero-order chi connectivity index (χ0) is 16.2. The summed E-state index contributed by atoms with van der Waals surface area (Å²) in [5.74, 6) is -0.690. The van der Waals surface area contributed by atoms with Gasteiger partial charge in [0.25, 0.3) is 5.91 Å². The molecule has 0 aliphatic rings. The third-order valence-corrected chi connectivity index (χ3v) is 3.71. The van der Waals surface area contributed by atoms with Gasteiger partial charge in [-0.25, -0.2) is 0 Å². The monoisotopic (exact) mass is 291 g/mol. The van der Waals surface area contributed by atoms with E-state index in [-0.39, 0.29) is 23.8 Å². The van der Waals surface area contributed by atoms with Gasteiger partial charge in [-0.15, -0.1) is 0 Å². The van der Waals surface area contributed by atoms with Crippen molar-refractivity contribution in [2.75, 3.05) is 13.7 Å². The molecule has 0 aromatic heterocycles. The molecule has 0 N–H and O–H groups in total. The van der Waals surface area contributed by atoms with Gasteiger partial charge in [-0.05, 0) is 51.0 Å². The van der Waals surface area contributed by atoms with Crippen LogP contribution in [0.3, 0.4) is 0 Å². The van der Waals surface area contributed by atoms with Crippen LogP contribution in [-0.4, -0.2) is 36.5 Å². The van der Waals surface area contributed by atoms with Crippen molar-refractivity contribution >= 4 is 11.9 Å². The second kappa shape index (κ2) is 7.25. The van der Waals surface area contributed by atoms with Crippen LogP contribution in [0.4, 0.5) is 0 Å². The van der Waals surface area contributed by atoms with Gasteiger partial charge in [-0.2, -0.15) is 0 Å². The zero-order valence-corrected chi connectivity index (χ0v) is 13.8. The Labute approximate surface area is 127 Å². The number of carbonyl (C=O) groups is 2. The number of benzene rings is 1. The Morgan fingerprint density at radius 1 is 1.14 bits per heavy atom. The molecule has 1 amide bonds. The van der Waals surface area contributed by atoms with Gasteiger partial charge in [-0.3, -0.25) is 9.59 Å². The van der Waals surface area contributed by atoms with E-state index in [1.165, 1.54) is 7.11 Å². The van der Waals surface area contributed by atoms with Crippen LogP contribution in [0, 0.1) is 19.8 Å². The predicted molar refractivity (Wildman–Crippen MR) is 83.3 cm³/mol. The quantitative estimate of drug-likeness (QED) is 0.784. The molecule has 0 saturated carbocycles. The minimum Gasteiger partial charge on any atom is -0.469 e. The first-order chi connectivity index (χ1) is 9.77. The van der Waals surface area contributed by atoms with E-state index in [0.717, 1.165) is 11.1 Å². The van der Waals surface area contributed by atoms with Crippen molar-refractivity contribution in [1.82, 2.24) is 4.90 Å². The molecule has 0 aliphatic heterocycles. The molecule has 0 radical (unpaired) electrons. The topological polar surface area (TPSA) is 46.6 Å². The second-order valence-corrected chi connectivity index (χ2v) is 5.77. The van der Waals surface area contributed by atoms with Crippen molar-refractivity contribution in [2.24, 2.45) is 5.92 Å². The first kappa shape index (κ1) is 17.2. The highest BCUT2D eigenvalue weighted by Gasteiger charge is 2.24. The minimum atomic E-state index is -0.340.